The van der Waals surface area contributed by atoms with E-state index in [4.69, 9.17) is 4.74 Å². The second-order valence-electron chi connectivity index (χ2n) is 12.0. The van der Waals surface area contributed by atoms with Crippen LogP contribution < -0.4 is 16.0 Å². The number of hydrogen-bond acceptors (Lipinski definition) is 9. The predicted octanol–water partition coefficient (Wildman–Crippen LogP) is 4.09. The van der Waals surface area contributed by atoms with E-state index in [1.54, 1.807) is 50.9 Å². The number of likely N-dealkylation sites (tertiary alicyclic amines) is 1. The Hall–Kier alpha value is -4.30. The number of hydrogen-bond donors (Lipinski definition) is 3. The molecule has 0 aliphatic carbocycles. The third kappa shape index (κ3) is 7.17. The van der Waals surface area contributed by atoms with Crippen molar-refractivity contribution in [3.05, 3.63) is 69.7 Å². The van der Waals surface area contributed by atoms with Crippen LogP contribution in [0.3, 0.4) is 0 Å². The zero-order valence-corrected chi connectivity index (χ0v) is 27.0. The van der Waals surface area contributed by atoms with E-state index in [0.29, 0.717) is 13.1 Å². The van der Waals surface area contributed by atoms with E-state index < -0.39 is 39.4 Å². The molecule has 0 saturated carbocycles. The van der Waals surface area contributed by atoms with Crippen LogP contribution in [0.25, 0.3) is 0 Å². The lowest BCUT2D eigenvalue weighted by Crippen LogP contribution is -2.50. The van der Waals surface area contributed by atoms with Gasteiger partial charge in [-0.3, -0.25) is 14.4 Å². The number of fused-ring (bicyclic) bond motifs is 2. The number of alkyl carbamates (subject to hydrolysis) is 1. The molecule has 2 aliphatic heterocycles. The van der Waals surface area contributed by atoms with Gasteiger partial charge in [0.1, 0.15) is 11.6 Å². The molecule has 3 heterocycles. The van der Waals surface area contributed by atoms with E-state index in [0.717, 1.165) is 22.7 Å². The van der Waals surface area contributed by atoms with Gasteiger partial charge >= 0.3 is 6.09 Å². The van der Waals surface area contributed by atoms with Gasteiger partial charge in [-0.2, -0.15) is 0 Å². The summed E-state index contributed by atoms with van der Waals surface area (Å²) < 4.78 is 31.7. The average molecular weight is 654 g/mol. The number of amides is 4. The van der Waals surface area contributed by atoms with Crippen molar-refractivity contribution in [2.75, 3.05) is 18.4 Å². The Morgan fingerprint density at radius 1 is 1.11 bits per heavy atom. The number of thiazole rings is 1. The summed E-state index contributed by atoms with van der Waals surface area (Å²) in [6.45, 7) is 8.20. The van der Waals surface area contributed by atoms with Gasteiger partial charge in [-0.05, 0) is 70.9 Å². The molecule has 238 valence electrons. The number of ether oxygens (including phenoxy) is 1. The van der Waals surface area contributed by atoms with E-state index in [1.807, 2.05) is 0 Å². The van der Waals surface area contributed by atoms with Gasteiger partial charge in [-0.15, -0.1) is 11.3 Å². The van der Waals surface area contributed by atoms with Crippen molar-refractivity contribution >= 4 is 50.7 Å². The van der Waals surface area contributed by atoms with Gasteiger partial charge < -0.3 is 25.6 Å². The van der Waals surface area contributed by atoms with Crippen molar-refractivity contribution in [3.8, 4) is 0 Å². The summed E-state index contributed by atoms with van der Waals surface area (Å²) in [5.41, 5.74) is -0.363. The lowest BCUT2D eigenvalue weighted by Gasteiger charge is -2.33. The first-order valence-electron chi connectivity index (χ1n) is 14.5. The number of rotatable bonds is 6. The second-order valence-corrected chi connectivity index (χ2v) is 15.0. The summed E-state index contributed by atoms with van der Waals surface area (Å²) >= 11 is 1.49. The molecular formula is C31H35N5O7S2. The first-order valence-corrected chi connectivity index (χ1v) is 16.8. The third-order valence-electron chi connectivity index (χ3n) is 7.45. The molecule has 14 heteroatoms. The minimum Gasteiger partial charge on any atom is -0.444 e. The van der Waals surface area contributed by atoms with Crippen molar-refractivity contribution in [2.45, 2.75) is 74.4 Å². The van der Waals surface area contributed by atoms with Crippen molar-refractivity contribution in [1.82, 2.24) is 20.5 Å². The van der Waals surface area contributed by atoms with Crippen molar-refractivity contribution < 1.29 is 32.3 Å². The van der Waals surface area contributed by atoms with Crippen LogP contribution in [0.5, 0.6) is 0 Å². The summed E-state index contributed by atoms with van der Waals surface area (Å²) in [7, 11) is -3.97. The Morgan fingerprint density at radius 2 is 1.82 bits per heavy atom. The Labute approximate surface area is 265 Å². The fourth-order valence-electron chi connectivity index (χ4n) is 5.23. The maximum absolute atomic E-state index is 13.2. The van der Waals surface area contributed by atoms with Crippen LogP contribution >= 0.6 is 11.3 Å². The molecule has 0 bridgehead atoms. The standard InChI is InChI=1S/C31H35N5O7S2/c1-18(34-30(40)43-31(2,3)4)29(39)36-13-11-19(12-14-36)28-33-17-21(44-28)16-32-26(37)20-9-10-25-23(15-20)35-27(38)22-7-5-6-8-24(22)45(25,41)42/h5-10,15,17-19H,11-14,16H2,1-4H3,(H,32,37)(H,34,40)(H,35,38)/t18-/m0/s1. The normalized spacial score (nSPS) is 16.8. The van der Waals surface area contributed by atoms with Crippen LogP contribution in [0.1, 0.15) is 77.1 Å². The Balaban J connectivity index is 1.15. The quantitative estimate of drug-likeness (QED) is 0.358. The Bertz CT molecular complexity index is 1760. The van der Waals surface area contributed by atoms with Gasteiger partial charge in [0.2, 0.25) is 15.7 Å². The van der Waals surface area contributed by atoms with Gasteiger partial charge in [0, 0.05) is 35.6 Å². The smallest absolute Gasteiger partial charge is 0.408 e. The van der Waals surface area contributed by atoms with Gasteiger partial charge in [-0.1, -0.05) is 12.1 Å². The first kappa shape index (κ1) is 32.1. The lowest BCUT2D eigenvalue weighted by molar-refractivity contribution is -0.134. The molecule has 1 fully saturated rings. The fourth-order valence-corrected chi connectivity index (χ4v) is 7.85. The van der Waals surface area contributed by atoms with Crippen molar-refractivity contribution in [1.29, 1.82) is 0 Å². The minimum atomic E-state index is -3.97. The number of benzene rings is 2. The minimum absolute atomic E-state index is 0.0442. The third-order valence-corrected chi connectivity index (χ3v) is 10.5. The van der Waals surface area contributed by atoms with Gasteiger partial charge in [0.05, 0.1) is 32.6 Å². The second kappa shape index (κ2) is 12.6. The number of sulfone groups is 1. The average Bonchev–Trinajstić information content (AvgIpc) is 3.44. The monoisotopic (exact) mass is 653 g/mol. The highest BCUT2D eigenvalue weighted by Gasteiger charge is 2.32. The highest BCUT2D eigenvalue weighted by Crippen LogP contribution is 2.34. The maximum atomic E-state index is 13.2. The lowest BCUT2D eigenvalue weighted by atomic mass is 9.97. The molecule has 1 aromatic heterocycles. The molecule has 2 aliphatic rings. The molecule has 45 heavy (non-hydrogen) atoms. The number of nitrogens with zero attached hydrogens (tertiary/aromatic N) is 2. The molecule has 0 unspecified atom stereocenters. The summed E-state index contributed by atoms with van der Waals surface area (Å²) in [6.07, 6.45) is 2.52. The number of aromatic nitrogens is 1. The summed E-state index contributed by atoms with van der Waals surface area (Å²) in [5, 5.41) is 8.98. The van der Waals surface area contributed by atoms with Crippen molar-refractivity contribution in [3.63, 3.8) is 0 Å². The predicted molar refractivity (Wildman–Crippen MR) is 167 cm³/mol. The zero-order valence-electron chi connectivity index (χ0n) is 25.4. The van der Waals surface area contributed by atoms with E-state index in [-0.39, 0.29) is 45.0 Å². The summed E-state index contributed by atoms with van der Waals surface area (Å²) in [6, 6.07) is 9.39. The van der Waals surface area contributed by atoms with Crippen LogP contribution in [0.15, 0.2) is 58.5 Å². The SMILES string of the molecule is C[C@H](NC(=O)OC(C)(C)C)C(=O)N1CCC(c2ncc(CNC(=O)c3ccc4c(c3)NC(=O)c3ccccc3S4(=O)=O)s2)CC1. The summed E-state index contributed by atoms with van der Waals surface area (Å²) in [5.74, 6) is -0.995. The Kier molecular flexibility index (Phi) is 8.99. The van der Waals surface area contributed by atoms with Crippen LogP contribution in [-0.2, 0) is 25.9 Å². The van der Waals surface area contributed by atoms with E-state index >= 15 is 0 Å². The highest BCUT2D eigenvalue weighted by atomic mass is 32.2. The van der Waals surface area contributed by atoms with E-state index in [1.165, 1.54) is 41.7 Å². The largest absolute Gasteiger partial charge is 0.444 e. The molecule has 1 atom stereocenters. The number of nitrogens with one attached hydrogen (secondary N) is 3. The topological polar surface area (TPSA) is 164 Å². The molecule has 3 N–H and O–H groups in total. The van der Waals surface area contributed by atoms with Gasteiger partial charge in [-0.25, -0.2) is 18.2 Å². The molecule has 12 nitrogen and oxygen atoms in total. The number of carbonyl (C=O) groups is 4. The molecule has 5 rings (SSSR count). The zero-order chi connectivity index (χ0) is 32.5. The van der Waals surface area contributed by atoms with Crippen molar-refractivity contribution in [2.24, 2.45) is 0 Å². The number of piperidine rings is 1. The number of anilines is 1. The van der Waals surface area contributed by atoms with Gasteiger partial charge in [0.25, 0.3) is 11.8 Å². The van der Waals surface area contributed by atoms with Gasteiger partial charge in [0.15, 0.2) is 0 Å². The fraction of sp³-hybridized carbons (Fsp3) is 0.387. The van der Waals surface area contributed by atoms with Crippen LogP contribution in [-0.4, -0.2) is 66.8 Å². The highest BCUT2D eigenvalue weighted by molar-refractivity contribution is 7.91. The van der Waals surface area contributed by atoms with E-state index in [9.17, 15) is 27.6 Å². The van der Waals surface area contributed by atoms with E-state index in [2.05, 4.69) is 20.9 Å². The molecule has 2 aromatic carbocycles. The summed E-state index contributed by atoms with van der Waals surface area (Å²) in [4.78, 5) is 57.6. The molecule has 1 saturated heterocycles. The molecule has 3 aromatic rings. The van der Waals surface area contributed by atoms with Crippen LogP contribution in [0.4, 0.5) is 10.5 Å². The maximum Gasteiger partial charge on any atom is 0.408 e. The Morgan fingerprint density at radius 3 is 2.53 bits per heavy atom. The van der Waals surface area contributed by atoms with Crippen LogP contribution in [0.2, 0.25) is 0 Å². The molecular weight excluding hydrogens is 619 g/mol. The first-order chi connectivity index (χ1) is 21.2. The molecule has 0 radical (unpaired) electrons. The van der Waals surface area contributed by atoms with Crippen LogP contribution in [0, 0.1) is 0 Å². The number of carbonyl (C=O) groups excluding carboxylic acids is 4. The molecule has 0 spiro atoms. The molecule has 4 amide bonds.